The van der Waals surface area contributed by atoms with Gasteiger partial charge in [0.15, 0.2) is 0 Å². The van der Waals surface area contributed by atoms with Gasteiger partial charge in [0.1, 0.15) is 13.2 Å². The van der Waals surface area contributed by atoms with Crippen molar-refractivity contribution < 1.29 is 32.9 Å². The second-order valence-electron chi connectivity index (χ2n) is 14.6. The monoisotopic (exact) mass is 725 g/mol. The van der Waals surface area contributed by atoms with Gasteiger partial charge in [-0.3, -0.25) is 9.36 Å². The summed E-state index contributed by atoms with van der Waals surface area (Å²) in [6, 6.07) is -0.802. The Balaban J connectivity index is 4.26. The number of phosphoric acid groups is 1. The van der Waals surface area contributed by atoms with Crippen molar-refractivity contribution in [3.8, 4) is 0 Å². The van der Waals surface area contributed by atoms with Crippen molar-refractivity contribution in [3.63, 3.8) is 0 Å². The van der Waals surface area contributed by atoms with E-state index in [9.17, 15) is 19.4 Å². The van der Waals surface area contributed by atoms with Crippen molar-refractivity contribution in [2.45, 2.75) is 167 Å². The highest BCUT2D eigenvalue weighted by Gasteiger charge is 2.24. The summed E-state index contributed by atoms with van der Waals surface area (Å²) in [6.45, 7) is 4.52. The van der Waals surface area contributed by atoms with Crippen LogP contribution in [0.5, 0.6) is 0 Å². The van der Waals surface area contributed by atoms with Gasteiger partial charge in [-0.25, -0.2) is 0 Å². The number of quaternary nitrogens is 1. The maximum atomic E-state index is 12.8. The number of likely N-dealkylation sites (N-methyl/N-ethyl adjacent to an activating group) is 1. The van der Waals surface area contributed by atoms with Crippen LogP contribution in [0.4, 0.5) is 0 Å². The molecule has 0 spiro atoms. The van der Waals surface area contributed by atoms with Gasteiger partial charge in [0.25, 0.3) is 7.82 Å². The summed E-state index contributed by atoms with van der Waals surface area (Å²) in [6.07, 6.45) is 39.9. The number of nitrogens with zero attached hydrogens (tertiary/aromatic N) is 1. The van der Waals surface area contributed by atoms with Crippen molar-refractivity contribution in [1.82, 2.24) is 5.32 Å². The number of aliphatic hydroxyl groups is 1. The SMILES string of the molecule is CC/C=C\C/C=C\C/C=C\C/C=C\CCCCCCCCCCC(=O)NC(COP(=O)([O-])OCC[N+](C)(C)C)C(O)CCCCCCCCC. The number of nitrogens with one attached hydrogen (secondary N) is 1. The van der Waals surface area contributed by atoms with E-state index in [4.69, 9.17) is 9.05 Å². The molecule has 292 valence electrons. The first-order valence-electron chi connectivity index (χ1n) is 20.0. The minimum atomic E-state index is -4.55. The summed E-state index contributed by atoms with van der Waals surface area (Å²) in [4.78, 5) is 25.1. The van der Waals surface area contributed by atoms with E-state index in [-0.39, 0.29) is 19.1 Å². The molecule has 3 unspecified atom stereocenters. The Kier molecular flexibility index (Phi) is 32.3. The van der Waals surface area contributed by atoms with Gasteiger partial charge in [-0.05, 0) is 51.4 Å². The minimum absolute atomic E-state index is 0.00786. The molecule has 0 aliphatic rings. The molecule has 0 aromatic rings. The third kappa shape index (κ3) is 34.9. The van der Waals surface area contributed by atoms with Gasteiger partial charge in [0.05, 0.1) is 39.9 Å². The van der Waals surface area contributed by atoms with E-state index in [0.717, 1.165) is 70.6 Å². The summed E-state index contributed by atoms with van der Waals surface area (Å²) in [5.74, 6) is -0.181. The number of aliphatic hydroxyl groups excluding tert-OH is 1. The number of allylic oxidation sites excluding steroid dienone is 8. The topological polar surface area (TPSA) is 108 Å². The van der Waals surface area contributed by atoms with Crippen molar-refractivity contribution in [2.75, 3.05) is 40.9 Å². The van der Waals surface area contributed by atoms with E-state index >= 15 is 0 Å². The number of hydrogen-bond donors (Lipinski definition) is 2. The zero-order valence-corrected chi connectivity index (χ0v) is 33.7. The van der Waals surface area contributed by atoms with Gasteiger partial charge in [-0.1, -0.05) is 146 Å². The number of unbranched alkanes of at least 4 members (excludes halogenated alkanes) is 14. The molecule has 0 saturated heterocycles. The molecule has 50 heavy (non-hydrogen) atoms. The fourth-order valence-corrected chi connectivity index (χ4v) is 6.10. The summed E-state index contributed by atoms with van der Waals surface area (Å²) in [7, 11) is 1.29. The molecular formula is C41H77N2O6P. The molecule has 1 amide bonds. The molecule has 0 radical (unpaired) electrons. The van der Waals surface area contributed by atoms with Crippen LogP contribution in [0, 0.1) is 0 Å². The highest BCUT2D eigenvalue weighted by Crippen LogP contribution is 2.38. The average Bonchev–Trinajstić information content (AvgIpc) is 3.06. The van der Waals surface area contributed by atoms with Crippen molar-refractivity contribution in [1.29, 1.82) is 0 Å². The summed E-state index contributed by atoms with van der Waals surface area (Å²) in [5, 5.41) is 13.7. The Labute approximate surface area is 308 Å². The summed E-state index contributed by atoms with van der Waals surface area (Å²) < 4.78 is 23.1. The molecule has 0 aromatic carbocycles. The second-order valence-corrected chi connectivity index (χ2v) is 16.0. The number of carbonyl (C=O) groups is 1. The second kappa shape index (κ2) is 33.3. The molecule has 2 N–H and O–H groups in total. The van der Waals surface area contributed by atoms with E-state index in [0.29, 0.717) is 23.9 Å². The van der Waals surface area contributed by atoms with Crippen LogP contribution in [-0.2, 0) is 18.4 Å². The Morgan fingerprint density at radius 1 is 0.720 bits per heavy atom. The van der Waals surface area contributed by atoms with Crippen molar-refractivity contribution in [2.24, 2.45) is 0 Å². The van der Waals surface area contributed by atoms with Crippen LogP contribution >= 0.6 is 7.82 Å². The Morgan fingerprint density at radius 3 is 1.78 bits per heavy atom. The van der Waals surface area contributed by atoms with E-state index in [1.54, 1.807) is 0 Å². The first kappa shape index (κ1) is 48.5. The van der Waals surface area contributed by atoms with E-state index in [1.165, 1.54) is 57.8 Å². The van der Waals surface area contributed by atoms with Gasteiger partial charge in [0, 0.05) is 6.42 Å². The lowest BCUT2D eigenvalue weighted by molar-refractivity contribution is -0.870. The highest BCUT2D eigenvalue weighted by molar-refractivity contribution is 7.45. The third-order valence-electron chi connectivity index (χ3n) is 8.58. The zero-order chi connectivity index (χ0) is 37.2. The molecule has 8 nitrogen and oxygen atoms in total. The third-order valence-corrected chi connectivity index (χ3v) is 9.55. The predicted molar refractivity (Wildman–Crippen MR) is 210 cm³/mol. The standard InChI is InChI=1S/C41H77N2O6P/c1-6-8-10-12-14-15-16-17-18-19-20-21-22-23-24-25-26-27-29-31-33-35-41(45)42-39(40(44)34-32-30-28-13-11-9-7-2)38-49-50(46,47)48-37-36-43(3,4)5/h8,10,14-15,17-18,20-21,39-40,44H,6-7,9,11-13,16,19,22-38H2,1-5H3,(H-,42,45,46,47)/b10-8-,15-14-,18-17-,21-20-. The number of hydrogen-bond acceptors (Lipinski definition) is 6. The molecule has 0 aromatic heterocycles. The van der Waals surface area contributed by atoms with Crippen LogP contribution in [0.1, 0.15) is 155 Å². The molecule has 0 fully saturated rings. The maximum Gasteiger partial charge on any atom is 0.268 e. The van der Waals surface area contributed by atoms with E-state index in [2.05, 4.69) is 67.8 Å². The molecule has 0 bridgehead atoms. The summed E-state index contributed by atoms with van der Waals surface area (Å²) >= 11 is 0. The smallest absolute Gasteiger partial charge is 0.268 e. The molecule has 3 atom stereocenters. The van der Waals surface area contributed by atoms with Gasteiger partial charge in [-0.15, -0.1) is 0 Å². The van der Waals surface area contributed by atoms with Crippen LogP contribution in [0.15, 0.2) is 48.6 Å². The molecule has 9 heteroatoms. The fraction of sp³-hybridized carbons (Fsp3) is 0.780. The Bertz CT molecular complexity index is 959. The average molecular weight is 725 g/mol. The van der Waals surface area contributed by atoms with Crippen LogP contribution < -0.4 is 10.2 Å². The fourth-order valence-electron chi connectivity index (χ4n) is 5.38. The molecule has 0 heterocycles. The largest absolute Gasteiger partial charge is 0.756 e. The number of amides is 1. The van der Waals surface area contributed by atoms with E-state index in [1.807, 2.05) is 21.1 Å². The van der Waals surface area contributed by atoms with Crippen LogP contribution in [0.25, 0.3) is 0 Å². The lowest BCUT2D eigenvalue weighted by Crippen LogP contribution is -2.46. The van der Waals surface area contributed by atoms with Gasteiger partial charge >= 0.3 is 0 Å². The van der Waals surface area contributed by atoms with Crippen LogP contribution in [-0.4, -0.2) is 68.5 Å². The highest BCUT2D eigenvalue weighted by atomic mass is 31.2. The lowest BCUT2D eigenvalue weighted by Gasteiger charge is -2.30. The number of carbonyl (C=O) groups excluding carboxylic acids is 1. The van der Waals surface area contributed by atoms with Gasteiger partial charge in [-0.2, -0.15) is 0 Å². The molecule has 0 aliphatic carbocycles. The van der Waals surface area contributed by atoms with Crippen LogP contribution in [0.2, 0.25) is 0 Å². The number of rotatable bonds is 35. The minimum Gasteiger partial charge on any atom is -0.756 e. The first-order chi connectivity index (χ1) is 24.0. The van der Waals surface area contributed by atoms with Gasteiger partial charge < -0.3 is 28.8 Å². The zero-order valence-electron chi connectivity index (χ0n) is 32.8. The van der Waals surface area contributed by atoms with Gasteiger partial charge in [0.2, 0.25) is 5.91 Å². The molecule has 0 rings (SSSR count). The molecule has 0 saturated carbocycles. The van der Waals surface area contributed by atoms with Crippen LogP contribution in [0.3, 0.4) is 0 Å². The van der Waals surface area contributed by atoms with E-state index < -0.39 is 20.0 Å². The number of phosphoric ester groups is 1. The Morgan fingerprint density at radius 2 is 1.22 bits per heavy atom. The summed E-state index contributed by atoms with van der Waals surface area (Å²) in [5.41, 5.74) is 0. The maximum absolute atomic E-state index is 12.8. The first-order valence-corrected chi connectivity index (χ1v) is 21.4. The van der Waals surface area contributed by atoms with Crippen molar-refractivity contribution >= 4 is 13.7 Å². The quantitative estimate of drug-likeness (QED) is 0.0292. The predicted octanol–water partition coefficient (Wildman–Crippen LogP) is 9.89. The lowest BCUT2D eigenvalue weighted by atomic mass is 10.0. The normalized spacial score (nSPS) is 15.1. The molecular weight excluding hydrogens is 647 g/mol. The molecule has 0 aliphatic heterocycles. The Hall–Kier alpha value is -1.54. The van der Waals surface area contributed by atoms with Crippen molar-refractivity contribution in [3.05, 3.63) is 48.6 Å².